The van der Waals surface area contributed by atoms with Crippen LogP contribution in [-0.4, -0.2) is 16.5 Å². The van der Waals surface area contributed by atoms with Gasteiger partial charge in [-0.3, -0.25) is 9.55 Å². The average molecular weight is 277 g/mol. The maximum absolute atomic E-state index is 11.9. The summed E-state index contributed by atoms with van der Waals surface area (Å²) in [4.78, 5) is 13.9. The lowest BCUT2D eigenvalue weighted by molar-refractivity contribution is 0.261. The minimum Gasteiger partial charge on any atom is -0.324 e. The molecule has 1 unspecified atom stereocenters. The zero-order chi connectivity index (χ0) is 13.6. The standard InChI is InChI=1S/C14H16NO3P/c16-19(17,12-13-6-2-1-3-7-13)18-11-9-14-8-4-5-10-15-14/h1-8,10H,9,11-12H2,(H,16,17). The van der Waals surface area contributed by atoms with Crippen LogP contribution in [0.4, 0.5) is 0 Å². The summed E-state index contributed by atoms with van der Waals surface area (Å²) >= 11 is 0. The van der Waals surface area contributed by atoms with Crippen molar-refractivity contribution >= 4 is 7.60 Å². The highest BCUT2D eigenvalue weighted by Crippen LogP contribution is 2.45. The Morgan fingerprint density at radius 3 is 2.53 bits per heavy atom. The third kappa shape index (κ3) is 4.95. The molecule has 0 saturated carbocycles. The van der Waals surface area contributed by atoms with Gasteiger partial charge in [0.2, 0.25) is 0 Å². The third-order valence-corrected chi connectivity index (χ3v) is 3.95. The van der Waals surface area contributed by atoms with Gasteiger partial charge in [0.05, 0.1) is 12.8 Å². The van der Waals surface area contributed by atoms with E-state index < -0.39 is 7.60 Å². The second-order valence-electron chi connectivity index (χ2n) is 4.19. The highest BCUT2D eigenvalue weighted by molar-refractivity contribution is 7.51. The summed E-state index contributed by atoms with van der Waals surface area (Å²) < 4.78 is 17.0. The number of nitrogens with zero attached hydrogens (tertiary/aromatic N) is 1. The van der Waals surface area contributed by atoms with Gasteiger partial charge in [-0.05, 0) is 17.7 Å². The van der Waals surface area contributed by atoms with Crippen LogP contribution >= 0.6 is 7.60 Å². The van der Waals surface area contributed by atoms with Gasteiger partial charge in [0, 0.05) is 18.3 Å². The Bertz CT molecular complexity index is 545. The molecule has 0 spiro atoms. The zero-order valence-electron chi connectivity index (χ0n) is 10.5. The van der Waals surface area contributed by atoms with Crippen LogP contribution < -0.4 is 0 Å². The summed E-state index contributed by atoms with van der Waals surface area (Å²) in [5.74, 6) is 0. The molecule has 2 rings (SSSR count). The minimum absolute atomic E-state index is 0.0378. The summed E-state index contributed by atoms with van der Waals surface area (Å²) in [5, 5.41) is 0. The van der Waals surface area contributed by atoms with Gasteiger partial charge in [-0.1, -0.05) is 36.4 Å². The summed E-state index contributed by atoms with van der Waals surface area (Å²) in [6, 6.07) is 14.7. The van der Waals surface area contributed by atoms with Gasteiger partial charge < -0.3 is 9.42 Å². The number of hydrogen-bond donors (Lipinski definition) is 1. The first kappa shape index (κ1) is 13.9. The molecule has 1 heterocycles. The van der Waals surface area contributed by atoms with E-state index in [-0.39, 0.29) is 12.8 Å². The van der Waals surface area contributed by atoms with Gasteiger partial charge in [-0.2, -0.15) is 0 Å². The van der Waals surface area contributed by atoms with E-state index in [1.807, 2.05) is 48.5 Å². The molecule has 2 aromatic rings. The van der Waals surface area contributed by atoms with E-state index in [1.165, 1.54) is 0 Å². The van der Waals surface area contributed by atoms with Crippen LogP contribution in [0.1, 0.15) is 11.3 Å². The molecule has 0 aliphatic carbocycles. The first-order valence-electron chi connectivity index (χ1n) is 6.06. The largest absolute Gasteiger partial charge is 0.332 e. The Morgan fingerprint density at radius 2 is 1.84 bits per heavy atom. The molecule has 1 atom stereocenters. The van der Waals surface area contributed by atoms with Crippen LogP contribution in [0, 0.1) is 0 Å². The SMILES string of the molecule is O=P(O)(Cc1ccccc1)OCCc1ccccn1. The first-order chi connectivity index (χ1) is 9.16. The van der Waals surface area contributed by atoms with Gasteiger partial charge in [-0.15, -0.1) is 0 Å². The number of aromatic nitrogens is 1. The van der Waals surface area contributed by atoms with Crippen LogP contribution in [0.5, 0.6) is 0 Å². The molecule has 0 amide bonds. The topological polar surface area (TPSA) is 59.4 Å². The lowest BCUT2D eigenvalue weighted by Crippen LogP contribution is -2.00. The third-order valence-electron chi connectivity index (χ3n) is 2.60. The molecule has 0 fully saturated rings. The fourth-order valence-corrected chi connectivity index (χ4v) is 2.84. The van der Waals surface area contributed by atoms with Gasteiger partial charge in [-0.25, -0.2) is 0 Å². The van der Waals surface area contributed by atoms with Crippen molar-refractivity contribution in [2.75, 3.05) is 6.61 Å². The van der Waals surface area contributed by atoms with Crippen molar-refractivity contribution in [1.29, 1.82) is 0 Å². The van der Waals surface area contributed by atoms with E-state index in [1.54, 1.807) is 6.20 Å². The zero-order valence-corrected chi connectivity index (χ0v) is 11.4. The van der Waals surface area contributed by atoms with Crippen molar-refractivity contribution in [3.8, 4) is 0 Å². The van der Waals surface area contributed by atoms with E-state index in [9.17, 15) is 9.46 Å². The second kappa shape index (κ2) is 6.62. The predicted molar refractivity (Wildman–Crippen MR) is 73.9 cm³/mol. The Morgan fingerprint density at radius 1 is 1.11 bits per heavy atom. The maximum atomic E-state index is 11.9. The fourth-order valence-electron chi connectivity index (χ4n) is 1.70. The molecule has 5 heteroatoms. The lowest BCUT2D eigenvalue weighted by Gasteiger charge is -2.12. The first-order valence-corrected chi connectivity index (χ1v) is 7.82. The fraction of sp³-hybridized carbons (Fsp3) is 0.214. The van der Waals surface area contributed by atoms with Crippen molar-refractivity contribution in [3.63, 3.8) is 0 Å². The van der Waals surface area contributed by atoms with E-state index in [4.69, 9.17) is 4.52 Å². The number of benzene rings is 1. The Hall–Kier alpha value is -1.48. The van der Waals surface area contributed by atoms with Crippen molar-refractivity contribution in [2.45, 2.75) is 12.6 Å². The number of rotatable bonds is 6. The van der Waals surface area contributed by atoms with Crippen LogP contribution in [0.25, 0.3) is 0 Å². The van der Waals surface area contributed by atoms with Gasteiger partial charge in [0.25, 0.3) is 0 Å². The molecule has 4 nitrogen and oxygen atoms in total. The Kier molecular flexibility index (Phi) is 4.86. The van der Waals surface area contributed by atoms with Crippen molar-refractivity contribution in [2.24, 2.45) is 0 Å². The van der Waals surface area contributed by atoms with Crippen molar-refractivity contribution < 1.29 is 14.0 Å². The van der Waals surface area contributed by atoms with Gasteiger partial charge in [0.15, 0.2) is 0 Å². The average Bonchev–Trinajstić information content (AvgIpc) is 2.40. The Labute approximate surface area is 112 Å². The molecular formula is C14H16NO3P. The molecule has 19 heavy (non-hydrogen) atoms. The number of hydrogen-bond acceptors (Lipinski definition) is 3. The molecule has 0 aliphatic rings. The smallest absolute Gasteiger partial charge is 0.324 e. The monoisotopic (exact) mass is 277 g/mol. The molecule has 0 bridgehead atoms. The van der Waals surface area contributed by atoms with Gasteiger partial charge in [0.1, 0.15) is 0 Å². The quantitative estimate of drug-likeness (QED) is 0.824. The van der Waals surface area contributed by atoms with E-state index in [0.717, 1.165) is 11.3 Å². The Balaban J connectivity index is 1.83. The highest BCUT2D eigenvalue weighted by atomic mass is 31.2. The summed E-state index contributed by atoms with van der Waals surface area (Å²) in [6.07, 6.45) is 2.26. The summed E-state index contributed by atoms with van der Waals surface area (Å²) in [5.41, 5.74) is 1.65. The molecule has 1 aromatic heterocycles. The van der Waals surface area contributed by atoms with Crippen LogP contribution in [-0.2, 0) is 21.7 Å². The van der Waals surface area contributed by atoms with Crippen molar-refractivity contribution in [1.82, 2.24) is 4.98 Å². The number of pyridine rings is 1. The molecule has 1 N–H and O–H groups in total. The van der Waals surface area contributed by atoms with Crippen LogP contribution in [0.15, 0.2) is 54.7 Å². The predicted octanol–water partition coefficient (Wildman–Crippen LogP) is 3.03. The molecular weight excluding hydrogens is 261 g/mol. The minimum atomic E-state index is -3.58. The normalized spacial score (nSPS) is 13.9. The molecule has 0 saturated heterocycles. The van der Waals surface area contributed by atoms with Crippen molar-refractivity contribution in [3.05, 3.63) is 66.0 Å². The second-order valence-corrected chi connectivity index (χ2v) is 6.03. The highest BCUT2D eigenvalue weighted by Gasteiger charge is 2.19. The van der Waals surface area contributed by atoms with E-state index in [2.05, 4.69) is 4.98 Å². The molecule has 1 aromatic carbocycles. The lowest BCUT2D eigenvalue weighted by atomic mass is 10.2. The maximum Gasteiger partial charge on any atom is 0.332 e. The summed E-state index contributed by atoms with van der Waals surface area (Å²) in [7, 11) is -3.58. The van der Waals surface area contributed by atoms with Crippen LogP contribution in [0.3, 0.4) is 0 Å². The van der Waals surface area contributed by atoms with E-state index in [0.29, 0.717) is 6.42 Å². The molecule has 0 radical (unpaired) electrons. The summed E-state index contributed by atoms with van der Waals surface area (Å²) in [6.45, 7) is 0.192. The van der Waals surface area contributed by atoms with E-state index >= 15 is 0 Å². The van der Waals surface area contributed by atoms with Gasteiger partial charge >= 0.3 is 7.60 Å². The van der Waals surface area contributed by atoms with Crippen LogP contribution in [0.2, 0.25) is 0 Å². The molecule has 0 aliphatic heterocycles. The molecule has 100 valence electrons.